The van der Waals surface area contributed by atoms with Crippen LogP contribution in [0.3, 0.4) is 0 Å². The zero-order valence-corrected chi connectivity index (χ0v) is 14.1. The molecule has 0 aromatic heterocycles. The summed E-state index contributed by atoms with van der Waals surface area (Å²) < 4.78 is 4.88. The van der Waals surface area contributed by atoms with E-state index in [1.165, 1.54) is 65.3 Å². The van der Waals surface area contributed by atoms with Crippen molar-refractivity contribution in [1.82, 2.24) is 10.2 Å². The van der Waals surface area contributed by atoms with Gasteiger partial charge in [0, 0.05) is 32.1 Å². The Hall–Kier alpha value is -0.610. The molecule has 1 heterocycles. The summed E-state index contributed by atoms with van der Waals surface area (Å²) in [5.41, 5.74) is 0. The molecule has 1 N–H and O–H groups in total. The average molecular weight is 308 g/mol. The molecule has 2 atom stereocenters. The number of nitrogens with zero attached hydrogens (tertiary/aromatic N) is 1. The Labute approximate surface area is 135 Å². The lowest BCUT2D eigenvalue weighted by Crippen LogP contribution is -2.50. The number of hydrogen-bond donors (Lipinski definition) is 1. The number of hydrogen-bond acceptors (Lipinski definition) is 4. The number of carbonyl (C=O) groups is 1. The minimum atomic E-state index is -0.0483. The van der Waals surface area contributed by atoms with Crippen LogP contribution in [0.1, 0.15) is 51.4 Å². The standard InChI is InChI=1S/C18H32N2O2/c1-22-18(21)9-16-8-17(19-10-14-4-2-3-5-14)13-20(12-16)11-15-6-7-15/h14-17,19H,2-13H2,1H3. The lowest BCUT2D eigenvalue weighted by molar-refractivity contribution is -0.142. The maximum Gasteiger partial charge on any atom is 0.305 e. The molecule has 0 radical (unpaired) electrons. The van der Waals surface area contributed by atoms with Gasteiger partial charge in [-0.1, -0.05) is 12.8 Å². The molecule has 126 valence electrons. The third-order valence-corrected chi connectivity index (χ3v) is 5.68. The molecule has 1 saturated heterocycles. The molecule has 3 fully saturated rings. The van der Waals surface area contributed by atoms with Crippen molar-refractivity contribution in [3.8, 4) is 0 Å². The normalized spacial score (nSPS) is 30.6. The van der Waals surface area contributed by atoms with Gasteiger partial charge in [-0.2, -0.15) is 0 Å². The van der Waals surface area contributed by atoms with E-state index in [0.29, 0.717) is 18.4 Å². The highest BCUT2D eigenvalue weighted by atomic mass is 16.5. The second-order valence-corrected chi connectivity index (χ2v) is 7.80. The van der Waals surface area contributed by atoms with Gasteiger partial charge in [0.2, 0.25) is 0 Å². The summed E-state index contributed by atoms with van der Waals surface area (Å²) in [6.45, 7) is 4.65. The van der Waals surface area contributed by atoms with Gasteiger partial charge in [0.1, 0.15) is 0 Å². The van der Waals surface area contributed by atoms with Crippen molar-refractivity contribution in [2.24, 2.45) is 17.8 Å². The molecule has 3 rings (SSSR count). The quantitative estimate of drug-likeness (QED) is 0.734. The number of rotatable bonds is 7. The van der Waals surface area contributed by atoms with E-state index in [1.807, 2.05) is 0 Å². The molecule has 0 aromatic rings. The van der Waals surface area contributed by atoms with E-state index in [-0.39, 0.29) is 5.97 Å². The second kappa shape index (κ2) is 7.78. The van der Waals surface area contributed by atoms with Crippen LogP contribution in [0.15, 0.2) is 0 Å². The zero-order chi connectivity index (χ0) is 15.4. The Morgan fingerprint density at radius 2 is 1.86 bits per heavy atom. The fraction of sp³-hybridized carbons (Fsp3) is 0.944. The number of carbonyl (C=O) groups excluding carboxylic acids is 1. The Balaban J connectivity index is 1.49. The first-order valence-corrected chi connectivity index (χ1v) is 9.25. The van der Waals surface area contributed by atoms with Gasteiger partial charge in [0.15, 0.2) is 0 Å². The highest BCUT2D eigenvalue weighted by molar-refractivity contribution is 5.69. The highest BCUT2D eigenvalue weighted by Crippen LogP contribution is 2.32. The maximum atomic E-state index is 11.6. The van der Waals surface area contributed by atoms with Gasteiger partial charge >= 0.3 is 5.97 Å². The number of nitrogens with one attached hydrogen (secondary N) is 1. The van der Waals surface area contributed by atoms with Crippen molar-refractivity contribution in [3.63, 3.8) is 0 Å². The van der Waals surface area contributed by atoms with E-state index < -0.39 is 0 Å². The molecule has 2 saturated carbocycles. The summed E-state index contributed by atoms with van der Waals surface area (Å²) in [6, 6.07) is 0.558. The van der Waals surface area contributed by atoms with E-state index >= 15 is 0 Å². The van der Waals surface area contributed by atoms with Crippen LogP contribution in [0.5, 0.6) is 0 Å². The average Bonchev–Trinajstić information content (AvgIpc) is 3.16. The van der Waals surface area contributed by atoms with Gasteiger partial charge in [-0.25, -0.2) is 0 Å². The minimum absolute atomic E-state index is 0.0483. The largest absolute Gasteiger partial charge is 0.469 e. The monoisotopic (exact) mass is 308 g/mol. The molecule has 4 heteroatoms. The summed E-state index contributed by atoms with van der Waals surface area (Å²) in [7, 11) is 1.50. The topological polar surface area (TPSA) is 41.6 Å². The molecule has 0 aromatic carbocycles. The van der Waals surface area contributed by atoms with Crippen LogP contribution >= 0.6 is 0 Å². The van der Waals surface area contributed by atoms with Crippen LogP contribution in [0.2, 0.25) is 0 Å². The number of ether oxygens (including phenoxy) is 1. The summed E-state index contributed by atoms with van der Waals surface area (Å²) in [4.78, 5) is 14.2. The Morgan fingerprint density at radius 1 is 1.09 bits per heavy atom. The molecular weight excluding hydrogens is 276 g/mol. The van der Waals surface area contributed by atoms with Crippen LogP contribution in [0.25, 0.3) is 0 Å². The van der Waals surface area contributed by atoms with E-state index in [2.05, 4.69) is 10.2 Å². The van der Waals surface area contributed by atoms with E-state index in [4.69, 9.17) is 4.74 Å². The van der Waals surface area contributed by atoms with Gasteiger partial charge in [-0.3, -0.25) is 4.79 Å². The molecule has 22 heavy (non-hydrogen) atoms. The highest BCUT2D eigenvalue weighted by Gasteiger charge is 2.32. The van der Waals surface area contributed by atoms with E-state index in [1.54, 1.807) is 0 Å². The Bertz CT molecular complexity index is 364. The molecule has 0 bridgehead atoms. The van der Waals surface area contributed by atoms with Crippen LogP contribution in [0, 0.1) is 17.8 Å². The second-order valence-electron chi connectivity index (χ2n) is 7.80. The SMILES string of the molecule is COC(=O)CC1CC(NCC2CCCC2)CN(CC2CC2)C1. The summed E-state index contributed by atoms with van der Waals surface area (Å²) >= 11 is 0. The summed E-state index contributed by atoms with van der Waals surface area (Å²) in [5, 5.41) is 3.81. The van der Waals surface area contributed by atoms with Crippen LogP contribution in [-0.2, 0) is 9.53 Å². The molecule has 2 unspecified atom stereocenters. The number of esters is 1. The minimum Gasteiger partial charge on any atom is -0.469 e. The van der Waals surface area contributed by atoms with E-state index in [0.717, 1.165) is 24.8 Å². The van der Waals surface area contributed by atoms with Crippen molar-refractivity contribution >= 4 is 5.97 Å². The van der Waals surface area contributed by atoms with Gasteiger partial charge in [-0.15, -0.1) is 0 Å². The van der Waals surface area contributed by atoms with E-state index in [9.17, 15) is 4.79 Å². The fourth-order valence-electron chi connectivity index (χ4n) is 4.28. The van der Waals surface area contributed by atoms with Crippen LogP contribution < -0.4 is 5.32 Å². The number of likely N-dealkylation sites (tertiary alicyclic amines) is 1. The summed E-state index contributed by atoms with van der Waals surface area (Å²) in [6.07, 6.45) is 10.1. The molecule has 0 spiro atoms. The van der Waals surface area contributed by atoms with Gasteiger partial charge < -0.3 is 15.0 Å². The summed E-state index contributed by atoms with van der Waals surface area (Å²) in [5.74, 6) is 2.22. The van der Waals surface area contributed by atoms with Crippen LogP contribution in [0.4, 0.5) is 0 Å². The molecule has 3 aliphatic rings. The molecule has 0 amide bonds. The zero-order valence-electron chi connectivity index (χ0n) is 14.1. The molecular formula is C18H32N2O2. The van der Waals surface area contributed by atoms with Crippen molar-refractivity contribution in [1.29, 1.82) is 0 Å². The molecule has 4 nitrogen and oxygen atoms in total. The van der Waals surface area contributed by atoms with Gasteiger partial charge in [0.05, 0.1) is 7.11 Å². The number of piperidine rings is 1. The first-order chi connectivity index (χ1) is 10.7. The first-order valence-electron chi connectivity index (χ1n) is 9.25. The Morgan fingerprint density at radius 3 is 2.55 bits per heavy atom. The third kappa shape index (κ3) is 4.95. The number of methoxy groups -OCH3 is 1. The van der Waals surface area contributed by atoms with Crippen molar-refractivity contribution in [2.75, 3.05) is 33.3 Å². The lowest BCUT2D eigenvalue weighted by Gasteiger charge is -2.38. The van der Waals surface area contributed by atoms with Gasteiger partial charge in [-0.05, 0) is 56.4 Å². The lowest BCUT2D eigenvalue weighted by atomic mass is 9.91. The van der Waals surface area contributed by atoms with Crippen molar-refractivity contribution in [3.05, 3.63) is 0 Å². The smallest absolute Gasteiger partial charge is 0.305 e. The predicted molar refractivity (Wildman–Crippen MR) is 87.7 cm³/mol. The fourth-order valence-corrected chi connectivity index (χ4v) is 4.28. The first kappa shape index (κ1) is 16.3. The molecule has 1 aliphatic heterocycles. The van der Waals surface area contributed by atoms with Crippen molar-refractivity contribution < 1.29 is 9.53 Å². The van der Waals surface area contributed by atoms with Gasteiger partial charge in [0.25, 0.3) is 0 Å². The molecule has 2 aliphatic carbocycles. The third-order valence-electron chi connectivity index (χ3n) is 5.68. The maximum absolute atomic E-state index is 11.6. The Kier molecular flexibility index (Phi) is 5.75. The van der Waals surface area contributed by atoms with Crippen molar-refractivity contribution in [2.45, 2.75) is 57.4 Å². The van der Waals surface area contributed by atoms with Crippen LogP contribution in [-0.4, -0.2) is 50.2 Å². The predicted octanol–water partition coefficient (Wildman–Crippen LogP) is 2.43.